The fourth-order valence-electron chi connectivity index (χ4n) is 2.39. The van der Waals surface area contributed by atoms with Gasteiger partial charge in [-0.3, -0.25) is 0 Å². The molecule has 2 heterocycles. The van der Waals surface area contributed by atoms with Crippen molar-refractivity contribution in [2.24, 2.45) is 0 Å². The Morgan fingerprint density at radius 1 is 1.07 bits per heavy atom. The Labute approximate surface area is 174 Å². The van der Waals surface area contributed by atoms with E-state index in [2.05, 4.69) is 15.1 Å². The highest BCUT2D eigenvalue weighted by Gasteiger charge is 2.13. The van der Waals surface area contributed by atoms with Crippen molar-refractivity contribution < 1.29 is 18.8 Å². The Bertz CT molecular complexity index is 1080. The molecular weight excluding hydrogens is 414 g/mol. The summed E-state index contributed by atoms with van der Waals surface area (Å²) in [5.74, 6) is 0.738. The van der Waals surface area contributed by atoms with E-state index in [0.29, 0.717) is 28.8 Å². The van der Waals surface area contributed by atoms with Crippen LogP contribution in [0, 0.1) is 0 Å². The van der Waals surface area contributed by atoms with E-state index >= 15 is 0 Å². The molecule has 4 rings (SSSR count). The van der Waals surface area contributed by atoms with Gasteiger partial charge in [0.15, 0.2) is 6.61 Å². The number of thiazole rings is 1. The number of esters is 1. The van der Waals surface area contributed by atoms with Crippen LogP contribution in [0.4, 0.5) is 0 Å². The van der Waals surface area contributed by atoms with Crippen LogP contribution in [0.3, 0.4) is 0 Å². The number of hydrogen-bond donors (Lipinski definition) is 0. The number of benzene rings is 2. The summed E-state index contributed by atoms with van der Waals surface area (Å²) >= 11 is 7.38. The Balaban J connectivity index is 1.31. The minimum absolute atomic E-state index is 0.124. The maximum atomic E-state index is 12.2. The zero-order chi connectivity index (χ0) is 20.1. The molecule has 0 amide bonds. The maximum Gasteiger partial charge on any atom is 0.338 e. The summed E-state index contributed by atoms with van der Waals surface area (Å²) in [5, 5.41) is 6.41. The maximum absolute atomic E-state index is 12.2. The average Bonchev–Trinajstić information content (AvgIpc) is 3.44. The average molecular weight is 428 g/mol. The zero-order valence-electron chi connectivity index (χ0n) is 14.9. The number of ether oxygens (including phenoxy) is 2. The lowest BCUT2D eigenvalue weighted by Crippen LogP contribution is -2.05. The number of carbonyl (C=O) groups excluding carboxylic acids is 1. The molecule has 0 bridgehead atoms. The summed E-state index contributed by atoms with van der Waals surface area (Å²) in [6, 6.07) is 13.7. The lowest BCUT2D eigenvalue weighted by molar-refractivity contribution is 0.0430. The third kappa shape index (κ3) is 4.98. The van der Waals surface area contributed by atoms with Gasteiger partial charge >= 0.3 is 5.97 Å². The van der Waals surface area contributed by atoms with Crippen LogP contribution in [-0.4, -0.2) is 21.1 Å². The first-order valence-electron chi connectivity index (χ1n) is 8.53. The van der Waals surface area contributed by atoms with Gasteiger partial charge in [-0.2, -0.15) is 4.98 Å². The third-order valence-corrected chi connectivity index (χ3v) is 4.74. The number of rotatable bonds is 7. The molecule has 0 atom stereocenters. The van der Waals surface area contributed by atoms with Gasteiger partial charge in [-0.1, -0.05) is 16.8 Å². The molecule has 0 saturated heterocycles. The molecule has 0 aliphatic heterocycles. The van der Waals surface area contributed by atoms with Gasteiger partial charge < -0.3 is 14.0 Å². The highest BCUT2D eigenvalue weighted by molar-refractivity contribution is 7.07. The van der Waals surface area contributed by atoms with E-state index in [4.69, 9.17) is 25.6 Å². The van der Waals surface area contributed by atoms with Crippen LogP contribution in [0.5, 0.6) is 5.75 Å². The highest BCUT2D eigenvalue weighted by Crippen LogP contribution is 2.19. The van der Waals surface area contributed by atoms with Crippen LogP contribution in [0.25, 0.3) is 11.4 Å². The molecule has 0 unspecified atom stereocenters. The molecule has 146 valence electrons. The van der Waals surface area contributed by atoms with E-state index in [-0.39, 0.29) is 12.5 Å². The molecule has 2 aromatic carbocycles. The van der Waals surface area contributed by atoms with Crippen molar-refractivity contribution in [2.75, 3.05) is 0 Å². The van der Waals surface area contributed by atoms with Crippen molar-refractivity contribution in [3.63, 3.8) is 0 Å². The molecule has 2 aromatic heterocycles. The van der Waals surface area contributed by atoms with E-state index in [9.17, 15) is 4.79 Å². The molecule has 0 fully saturated rings. The first-order chi connectivity index (χ1) is 14.2. The second kappa shape index (κ2) is 8.85. The summed E-state index contributed by atoms with van der Waals surface area (Å²) < 4.78 is 16.0. The van der Waals surface area contributed by atoms with Gasteiger partial charge in [0.2, 0.25) is 5.82 Å². The molecule has 0 N–H and O–H groups in total. The van der Waals surface area contributed by atoms with Crippen molar-refractivity contribution in [1.29, 1.82) is 0 Å². The fraction of sp³-hybridized carbons (Fsp3) is 0.100. The van der Waals surface area contributed by atoms with Gasteiger partial charge in [-0.25, -0.2) is 9.78 Å². The molecule has 0 radical (unpaired) electrons. The predicted molar refractivity (Wildman–Crippen MR) is 107 cm³/mol. The summed E-state index contributed by atoms with van der Waals surface area (Å²) in [7, 11) is 0. The number of halogens is 1. The van der Waals surface area contributed by atoms with Crippen molar-refractivity contribution in [2.45, 2.75) is 13.2 Å². The second-order valence-corrected chi connectivity index (χ2v) is 7.04. The molecule has 7 nitrogen and oxygen atoms in total. The van der Waals surface area contributed by atoms with Gasteiger partial charge in [-0.05, 0) is 48.5 Å². The summed E-state index contributed by atoms with van der Waals surface area (Å²) in [5.41, 5.74) is 3.75. The molecule has 4 aromatic rings. The molecule has 0 saturated carbocycles. The molecular formula is C20H14ClN3O4S. The number of nitrogens with zero attached hydrogens (tertiary/aromatic N) is 3. The minimum Gasteiger partial charge on any atom is -0.487 e. The van der Waals surface area contributed by atoms with Crippen LogP contribution >= 0.6 is 22.9 Å². The van der Waals surface area contributed by atoms with Gasteiger partial charge in [0.05, 0.1) is 16.8 Å². The monoisotopic (exact) mass is 427 g/mol. The van der Waals surface area contributed by atoms with Crippen molar-refractivity contribution >= 4 is 28.9 Å². The van der Waals surface area contributed by atoms with Gasteiger partial charge in [0.1, 0.15) is 12.4 Å². The van der Waals surface area contributed by atoms with E-state index in [1.165, 1.54) is 11.3 Å². The Morgan fingerprint density at radius 2 is 1.86 bits per heavy atom. The van der Waals surface area contributed by atoms with E-state index < -0.39 is 5.97 Å². The second-order valence-electron chi connectivity index (χ2n) is 5.89. The standard InChI is InChI=1S/C20H14ClN3O4S/c21-15-5-1-13(2-6-15)19-23-18(28-24-19)10-27-20(25)14-3-7-17(8-4-14)26-9-16-11-29-12-22-16/h1-8,11-12H,9-10H2. The number of carbonyl (C=O) groups is 1. The summed E-state index contributed by atoms with van der Waals surface area (Å²) in [6.07, 6.45) is 0. The largest absolute Gasteiger partial charge is 0.487 e. The van der Waals surface area contributed by atoms with Crippen LogP contribution < -0.4 is 4.74 Å². The fourth-order valence-corrected chi connectivity index (χ4v) is 3.06. The molecule has 0 aliphatic carbocycles. The van der Waals surface area contributed by atoms with E-state index in [1.807, 2.05) is 5.38 Å². The van der Waals surface area contributed by atoms with E-state index in [1.54, 1.807) is 54.0 Å². The SMILES string of the molecule is O=C(OCc1nc(-c2ccc(Cl)cc2)no1)c1ccc(OCc2cscn2)cc1. The van der Waals surface area contributed by atoms with E-state index in [0.717, 1.165) is 11.3 Å². The van der Waals surface area contributed by atoms with Crippen LogP contribution in [0.15, 0.2) is 63.9 Å². The topological polar surface area (TPSA) is 87.3 Å². The van der Waals surface area contributed by atoms with Crippen molar-refractivity contribution in [1.82, 2.24) is 15.1 Å². The van der Waals surface area contributed by atoms with Gasteiger partial charge in [0.25, 0.3) is 5.89 Å². The minimum atomic E-state index is -0.498. The highest BCUT2D eigenvalue weighted by atomic mass is 35.5. The van der Waals surface area contributed by atoms with Crippen LogP contribution in [0.2, 0.25) is 5.02 Å². The first-order valence-corrected chi connectivity index (χ1v) is 9.85. The summed E-state index contributed by atoms with van der Waals surface area (Å²) in [6.45, 7) is 0.252. The number of aromatic nitrogens is 3. The normalized spacial score (nSPS) is 10.7. The molecule has 29 heavy (non-hydrogen) atoms. The summed E-state index contributed by atoms with van der Waals surface area (Å²) in [4.78, 5) is 20.6. The Hall–Kier alpha value is -3.23. The van der Waals surface area contributed by atoms with Gasteiger partial charge in [-0.15, -0.1) is 11.3 Å². The first kappa shape index (κ1) is 19.1. The quantitative estimate of drug-likeness (QED) is 0.392. The third-order valence-electron chi connectivity index (χ3n) is 3.86. The van der Waals surface area contributed by atoms with Crippen LogP contribution in [0.1, 0.15) is 21.9 Å². The van der Waals surface area contributed by atoms with Crippen LogP contribution in [-0.2, 0) is 18.0 Å². The lowest BCUT2D eigenvalue weighted by atomic mass is 10.2. The number of hydrogen-bond acceptors (Lipinski definition) is 8. The van der Waals surface area contributed by atoms with Gasteiger partial charge in [0, 0.05) is 16.0 Å². The van der Waals surface area contributed by atoms with Crippen molar-refractivity contribution in [3.8, 4) is 17.1 Å². The smallest absolute Gasteiger partial charge is 0.338 e. The Morgan fingerprint density at radius 3 is 2.59 bits per heavy atom. The molecule has 0 aliphatic rings. The Kier molecular flexibility index (Phi) is 5.83. The zero-order valence-corrected chi connectivity index (χ0v) is 16.5. The molecule has 9 heteroatoms. The molecule has 0 spiro atoms. The lowest BCUT2D eigenvalue weighted by Gasteiger charge is -2.06. The predicted octanol–water partition coefficient (Wildman–Crippen LogP) is 4.78. The van der Waals surface area contributed by atoms with Crippen molar-refractivity contribution in [3.05, 3.63) is 81.6 Å².